The van der Waals surface area contributed by atoms with E-state index < -0.39 is 6.61 Å². The number of ether oxygens (including phenoxy) is 3. The molecule has 6 nitrogen and oxygen atoms in total. The molecule has 1 rings (SSSR count). The van der Waals surface area contributed by atoms with Crippen LogP contribution in [0.5, 0.6) is 5.75 Å². The van der Waals surface area contributed by atoms with Gasteiger partial charge in [0.1, 0.15) is 5.75 Å². The number of methoxy groups -OCH3 is 1. The highest BCUT2D eigenvalue weighted by Gasteiger charge is 2.10. The summed E-state index contributed by atoms with van der Waals surface area (Å²) >= 11 is 0. The van der Waals surface area contributed by atoms with Crippen LogP contribution in [0, 0.1) is 6.92 Å². The van der Waals surface area contributed by atoms with Gasteiger partial charge in [-0.15, -0.1) is 24.0 Å². The standard InChI is InChI=1S/C16H25F2N3O3.HI/c1-12-4-5-14(24-15(17)18)13(10-12)11-21-16(19-2)20-6-7-23-9-8-22-3;/h4-5,10,15H,6-9,11H2,1-3H3,(H2,19,20,21);1H. The van der Waals surface area contributed by atoms with Crippen molar-refractivity contribution in [2.75, 3.05) is 40.5 Å². The Morgan fingerprint density at radius 3 is 2.60 bits per heavy atom. The van der Waals surface area contributed by atoms with Gasteiger partial charge in [-0.1, -0.05) is 17.7 Å². The maximum atomic E-state index is 12.5. The summed E-state index contributed by atoms with van der Waals surface area (Å²) in [5.41, 5.74) is 1.59. The number of rotatable bonds is 10. The Bertz CT molecular complexity index is 519. The lowest BCUT2D eigenvalue weighted by atomic mass is 10.1. The third-order valence-corrected chi connectivity index (χ3v) is 3.07. The van der Waals surface area contributed by atoms with Crippen molar-refractivity contribution in [3.05, 3.63) is 29.3 Å². The topological polar surface area (TPSA) is 64.1 Å². The van der Waals surface area contributed by atoms with Crippen LogP contribution < -0.4 is 15.4 Å². The van der Waals surface area contributed by atoms with Gasteiger partial charge >= 0.3 is 6.61 Å². The van der Waals surface area contributed by atoms with Crippen LogP contribution in [-0.2, 0) is 16.0 Å². The van der Waals surface area contributed by atoms with Crippen molar-refractivity contribution in [3.63, 3.8) is 0 Å². The molecule has 0 aliphatic heterocycles. The number of benzene rings is 1. The van der Waals surface area contributed by atoms with E-state index in [2.05, 4.69) is 20.4 Å². The minimum atomic E-state index is -2.85. The highest BCUT2D eigenvalue weighted by molar-refractivity contribution is 14.0. The van der Waals surface area contributed by atoms with Crippen LogP contribution in [0.4, 0.5) is 8.78 Å². The van der Waals surface area contributed by atoms with E-state index in [0.29, 0.717) is 44.4 Å². The zero-order chi connectivity index (χ0) is 17.8. The van der Waals surface area contributed by atoms with E-state index in [1.54, 1.807) is 32.4 Å². The van der Waals surface area contributed by atoms with Gasteiger partial charge in [0.2, 0.25) is 0 Å². The van der Waals surface area contributed by atoms with Crippen molar-refractivity contribution in [1.29, 1.82) is 0 Å². The lowest BCUT2D eigenvalue weighted by Gasteiger charge is -2.15. The second kappa shape index (κ2) is 14.0. The highest BCUT2D eigenvalue weighted by Crippen LogP contribution is 2.21. The van der Waals surface area contributed by atoms with Crippen LogP contribution >= 0.6 is 24.0 Å². The fourth-order valence-corrected chi connectivity index (χ4v) is 1.94. The van der Waals surface area contributed by atoms with E-state index in [1.807, 2.05) is 6.92 Å². The van der Waals surface area contributed by atoms with E-state index in [-0.39, 0.29) is 29.7 Å². The van der Waals surface area contributed by atoms with Crippen LogP contribution in [-0.4, -0.2) is 53.1 Å². The number of nitrogens with zero attached hydrogens (tertiary/aromatic N) is 1. The number of aliphatic imine (C=N–C) groups is 1. The SMILES string of the molecule is CN=C(NCCOCCOC)NCc1cc(C)ccc1OC(F)F.I. The van der Waals surface area contributed by atoms with Crippen LogP contribution in [0.3, 0.4) is 0 Å². The minimum absolute atomic E-state index is 0. The second-order valence-electron chi connectivity index (χ2n) is 4.95. The average Bonchev–Trinajstić information content (AvgIpc) is 2.55. The molecule has 0 amide bonds. The Morgan fingerprint density at radius 2 is 1.96 bits per heavy atom. The first-order valence-corrected chi connectivity index (χ1v) is 7.62. The molecule has 0 fully saturated rings. The molecule has 25 heavy (non-hydrogen) atoms. The van der Waals surface area contributed by atoms with Crippen LogP contribution in [0.25, 0.3) is 0 Å². The summed E-state index contributed by atoms with van der Waals surface area (Å²) < 4.78 is 39.7. The first-order valence-electron chi connectivity index (χ1n) is 7.62. The smallest absolute Gasteiger partial charge is 0.387 e. The van der Waals surface area contributed by atoms with E-state index in [1.165, 1.54) is 0 Å². The molecule has 0 atom stereocenters. The molecule has 0 aliphatic carbocycles. The Balaban J connectivity index is 0.00000576. The van der Waals surface area contributed by atoms with E-state index in [9.17, 15) is 8.78 Å². The third kappa shape index (κ3) is 10.4. The normalized spacial score (nSPS) is 11.2. The van der Waals surface area contributed by atoms with Gasteiger partial charge in [-0.2, -0.15) is 8.78 Å². The van der Waals surface area contributed by atoms with Crippen molar-refractivity contribution in [3.8, 4) is 5.75 Å². The van der Waals surface area contributed by atoms with Crippen LogP contribution in [0.1, 0.15) is 11.1 Å². The largest absolute Gasteiger partial charge is 0.434 e. The van der Waals surface area contributed by atoms with Gasteiger partial charge in [0, 0.05) is 32.8 Å². The van der Waals surface area contributed by atoms with Crippen molar-refractivity contribution in [1.82, 2.24) is 10.6 Å². The summed E-state index contributed by atoms with van der Waals surface area (Å²) in [4.78, 5) is 4.08. The van der Waals surface area contributed by atoms with Gasteiger partial charge in [-0.25, -0.2) is 0 Å². The van der Waals surface area contributed by atoms with E-state index in [4.69, 9.17) is 9.47 Å². The van der Waals surface area contributed by atoms with E-state index in [0.717, 1.165) is 5.56 Å². The molecule has 0 saturated heterocycles. The molecule has 0 aromatic heterocycles. The molecule has 144 valence electrons. The van der Waals surface area contributed by atoms with Gasteiger partial charge in [0.05, 0.1) is 19.8 Å². The van der Waals surface area contributed by atoms with Crippen molar-refractivity contribution >= 4 is 29.9 Å². The Morgan fingerprint density at radius 1 is 1.20 bits per heavy atom. The second-order valence-corrected chi connectivity index (χ2v) is 4.95. The summed E-state index contributed by atoms with van der Waals surface area (Å²) in [7, 11) is 3.25. The molecule has 0 aliphatic rings. The van der Waals surface area contributed by atoms with Crippen LogP contribution in [0.15, 0.2) is 23.2 Å². The lowest BCUT2D eigenvalue weighted by molar-refractivity contribution is -0.0504. The monoisotopic (exact) mass is 473 g/mol. The maximum absolute atomic E-state index is 12.5. The number of hydrogen-bond donors (Lipinski definition) is 2. The quantitative estimate of drug-likeness (QED) is 0.237. The number of aryl methyl sites for hydroxylation is 1. The molecule has 1 aromatic carbocycles. The average molecular weight is 473 g/mol. The molecule has 0 unspecified atom stereocenters. The molecule has 2 N–H and O–H groups in total. The van der Waals surface area contributed by atoms with Crippen LogP contribution in [0.2, 0.25) is 0 Å². The molecule has 0 saturated carbocycles. The van der Waals surface area contributed by atoms with Gasteiger partial charge in [0.15, 0.2) is 5.96 Å². The summed E-state index contributed by atoms with van der Waals surface area (Å²) in [6.45, 7) is 1.50. The molecule has 0 heterocycles. The molecular weight excluding hydrogens is 447 g/mol. The number of nitrogens with one attached hydrogen (secondary N) is 2. The van der Waals surface area contributed by atoms with E-state index >= 15 is 0 Å². The predicted octanol–water partition coefficient (Wildman–Crippen LogP) is 2.54. The molecule has 0 radical (unpaired) electrons. The minimum Gasteiger partial charge on any atom is -0.434 e. The number of halogens is 3. The zero-order valence-electron chi connectivity index (χ0n) is 14.7. The Kier molecular flexibility index (Phi) is 13.3. The first kappa shape index (κ1) is 23.8. The molecule has 0 bridgehead atoms. The van der Waals surface area contributed by atoms with Crippen molar-refractivity contribution in [2.24, 2.45) is 4.99 Å². The summed E-state index contributed by atoms with van der Waals surface area (Å²) in [6, 6.07) is 5.07. The molecular formula is C16H26F2IN3O3. The number of alkyl halides is 2. The van der Waals surface area contributed by atoms with Gasteiger partial charge in [0.25, 0.3) is 0 Å². The fraction of sp³-hybridized carbons (Fsp3) is 0.562. The van der Waals surface area contributed by atoms with Gasteiger partial charge in [-0.3, -0.25) is 4.99 Å². The molecule has 0 spiro atoms. The highest BCUT2D eigenvalue weighted by atomic mass is 127. The summed E-state index contributed by atoms with van der Waals surface area (Å²) in [5, 5.41) is 6.14. The summed E-state index contributed by atoms with van der Waals surface area (Å²) in [6.07, 6.45) is 0. The summed E-state index contributed by atoms with van der Waals surface area (Å²) in [5.74, 6) is 0.705. The lowest BCUT2D eigenvalue weighted by Crippen LogP contribution is -2.38. The van der Waals surface area contributed by atoms with Crippen molar-refractivity contribution in [2.45, 2.75) is 20.1 Å². The van der Waals surface area contributed by atoms with Crippen molar-refractivity contribution < 1.29 is 23.0 Å². The number of hydrogen-bond acceptors (Lipinski definition) is 4. The molecule has 1 aromatic rings. The predicted molar refractivity (Wildman–Crippen MR) is 104 cm³/mol. The first-order chi connectivity index (χ1) is 11.6. The fourth-order valence-electron chi connectivity index (χ4n) is 1.94. The van der Waals surface area contributed by atoms with Gasteiger partial charge in [-0.05, 0) is 13.0 Å². The Labute approximate surface area is 164 Å². The van der Waals surface area contributed by atoms with Gasteiger partial charge < -0.3 is 24.8 Å². The molecule has 9 heteroatoms. The number of guanidine groups is 1. The Hall–Kier alpha value is -1.20. The maximum Gasteiger partial charge on any atom is 0.387 e. The third-order valence-electron chi connectivity index (χ3n) is 3.07. The zero-order valence-corrected chi connectivity index (χ0v) is 17.0.